The number of carbonyl (C=O) groups is 2. The van der Waals surface area contributed by atoms with Crippen LogP contribution >= 0.6 is 0 Å². The lowest BCUT2D eigenvalue weighted by atomic mass is 10.2. The topological polar surface area (TPSA) is 82.0 Å². The second-order valence-corrected chi connectivity index (χ2v) is 5.45. The number of nitrogens with zero attached hydrogens (tertiary/aromatic N) is 2. The summed E-state index contributed by atoms with van der Waals surface area (Å²) in [6, 6.07) is 13.5. The van der Waals surface area contributed by atoms with Crippen molar-refractivity contribution in [2.24, 2.45) is 5.10 Å². The summed E-state index contributed by atoms with van der Waals surface area (Å²) in [7, 11) is 0. The van der Waals surface area contributed by atoms with Crippen molar-refractivity contribution in [2.75, 3.05) is 11.4 Å². The van der Waals surface area contributed by atoms with Crippen LogP contribution in [0, 0.1) is 0 Å². The van der Waals surface area contributed by atoms with E-state index in [2.05, 4.69) is 10.5 Å². The summed E-state index contributed by atoms with van der Waals surface area (Å²) in [5.74, 6) is -0.157. The van der Waals surface area contributed by atoms with Crippen molar-refractivity contribution in [3.05, 3.63) is 59.7 Å². The van der Waals surface area contributed by atoms with E-state index in [1.54, 1.807) is 53.4 Å². The first-order valence-corrected chi connectivity index (χ1v) is 7.67. The summed E-state index contributed by atoms with van der Waals surface area (Å²) in [5.41, 5.74) is 4.17. The quantitative estimate of drug-likeness (QED) is 0.669. The van der Waals surface area contributed by atoms with Gasteiger partial charge in [0.25, 0.3) is 5.91 Å². The van der Waals surface area contributed by atoms with Gasteiger partial charge >= 0.3 is 0 Å². The van der Waals surface area contributed by atoms with Gasteiger partial charge in [-0.25, -0.2) is 5.43 Å². The first-order valence-electron chi connectivity index (χ1n) is 7.67. The van der Waals surface area contributed by atoms with Gasteiger partial charge in [-0.2, -0.15) is 5.10 Å². The highest BCUT2D eigenvalue weighted by atomic mass is 16.3. The van der Waals surface area contributed by atoms with Crippen LogP contribution in [0.5, 0.6) is 5.75 Å². The Morgan fingerprint density at radius 1 is 1.17 bits per heavy atom. The normalized spacial score (nSPS) is 14.3. The maximum Gasteiger partial charge on any atom is 0.271 e. The molecule has 1 aliphatic rings. The van der Waals surface area contributed by atoms with Gasteiger partial charge in [-0.1, -0.05) is 12.1 Å². The lowest BCUT2D eigenvalue weighted by Gasteiger charge is -2.15. The smallest absolute Gasteiger partial charge is 0.271 e. The van der Waals surface area contributed by atoms with Gasteiger partial charge in [0.1, 0.15) is 5.75 Å². The van der Waals surface area contributed by atoms with Crippen molar-refractivity contribution >= 4 is 23.7 Å². The fourth-order valence-electron chi connectivity index (χ4n) is 2.54. The average molecular weight is 323 g/mol. The second-order valence-electron chi connectivity index (χ2n) is 5.45. The van der Waals surface area contributed by atoms with Crippen molar-refractivity contribution < 1.29 is 14.7 Å². The number of para-hydroxylation sites is 1. The van der Waals surface area contributed by atoms with Gasteiger partial charge in [-0.05, 0) is 42.8 Å². The molecule has 2 aromatic carbocycles. The molecule has 1 heterocycles. The first kappa shape index (κ1) is 15.7. The molecule has 0 bridgehead atoms. The lowest BCUT2D eigenvalue weighted by Crippen LogP contribution is -2.24. The van der Waals surface area contributed by atoms with Crippen molar-refractivity contribution in [2.45, 2.75) is 12.8 Å². The zero-order valence-corrected chi connectivity index (χ0v) is 13.0. The molecule has 0 unspecified atom stereocenters. The van der Waals surface area contributed by atoms with Crippen molar-refractivity contribution in [1.82, 2.24) is 5.43 Å². The number of nitrogens with one attached hydrogen (secondary N) is 1. The van der Waals surface area contributed by atoms with E-state index in [1.165, 1.54) is 6.21 Å². The fraction of sp³-hybridized carbons (Fsp3) is 0.167. The number of phenols is 1. The molecule has 2 amide bonds. The Morgan fingerprint density at radius 3 is 2.58 bits per heavy atom. The fourth-order valence-corrected chi connectivity index (χ4v) is 2.54. The molecule has 3 rings (SSSR count). The number of rotatable bonds is 4. The minimum absolute atomic E-state index is 0.0927. The number of carbonyl (C=O) groups excluding carboxylic acids is 2. The molecule has 0 atom stereocenters. The molecule has 24 heavy (non-hydrogen) atoms. The van der Waals surface area contributed by atoms with E-state index in [0.29, 0.717) is 17.5 Å². The molecule has 1 fully saturated rings. The Morgan fingerprint density at radius 2 is 1.92 bits per heavy atom. The third-order valence-corrected chi connectivity index (χ3v) is 3.82. The van der Waals surface area contributed by atoms with Crippen molar-refractivity contribution in [3.63, 3.8) is 0 Å². The standard InChI is InChI=1S/C18H17N3O3/c22-16-5-2-1-4-14(16)12-19-20-18(24)13-7-9-15(10-8-13)21-11-3-6-17(21)23/h1-2,4-5,7-10,12,22H,3,6,11H2,(H,20,24). The van der Waals surface area contributed by atoms with Crippen molar-refractivity contribution in [1.29, 1.82) is 0 Å². The van der Waals surface area contributed by atoms with Gasteiger partial charge in [-0.3, -0.25) is 9.59 Å². The minimum atomic E-state index is -0.360. The summed E-state index contributed by atoms with van der Waals surface area (Å²) in [4.78, 5) is 25.5. The molecule has 6 nitrogen and oxygen atoms in total. The summed E-state index contributed by atoms with van der Waals surface area (Å²) < 4.78 is 0. The van der Waals surface area contributed by atoms with Gasteiger partial charge in [0.05, 0.1) is 6.21 Å². The molecule has 1 aliphatic heterocycles. The number of hydrazone groups is 1. The van der Waals surface area contributed by atoms with Gasteiger partial charge in [0, 0.05) is 29.8 Å². The molecule has 0 radical (unpaired) electrons. The average Bonchev–Trinajstić information content (AvgIpc) is 3.03. The van der Waals surface area contributed by atoms with Gasteiger partial charge in [0.2, 0.25) is 5.91 Å². The highest BCUT2D eigenvalue weighted by Crippen LogP contribution is 2.21. The molecule has 0 aliphatic carbocycles. The van der Waals surface area contributed by atoms with Gasteiger partial charge in [0.15, 0.2) is 0 Å². The Hall–Kier alpha value is -3.15. The number of benzene rings is 2. The van der Waals surface area contributed by atoms with Crippen LogP contribution in [0.1, 0.15) is 28.8 Å². The summed E-state index contributed by atoms with van der Waals surface area (Å²) in [6.07, 6.45) is 2.82. The van der Waals surface area contributed by atoms with Crippen molar-refractivity contribution in [3.8, 4) is 5.75 Å². The highest BCUT2D eigenvalue weighted by Gasteiger charge is 2.21. The van der Waals surface area contributed by atoms with Gasteiger partial charge in [-0.15, -0.1) is 0 Å². The molecule has 0 aromatic heterocycles. The van der Waals surface area contributed by atoms with Crippen LogP contribution in [-0.2, 0) is 4.79 Å². The van der Waals surface area contributed by atoms with E-state index in [1.807, 2.05) is 0 Å². The molecule has 6 heteroatoms. The second kappa shape index (κ2) is 6.95. The lowest BCUT2D eigenvalue weighted by molar-refractivity contribution is -0.117. The van der Waals surface area contributed by atoms with Crippen LogP contribution < -0.4 is 10.3 Å². The Kier molecular flexibility index (Phi) is 4.56. The molecule has 0 spiro atoms. The monoisotopic (exact) mass is 323 g/mol. The van der Waals surface area contributed by atoms with Crippen LogP contribution in [0.3, 0.4) is 0 Å². The zero-order chi connectivity index (χ0) is 16.9. The first-order chi connectivity index (χ1) is 11.6. The van der Waals surface area contributed by atoms with Crippen LogP contribution in [0.25, 0.3) is 0 Å². The third kappa shape index (κ3) is 3.43. The minimum Gasteiger partial charge on any atom is -0.507 e. The summed E-state index contributed by atoms with van der Waals surface area (Å²) in [6.45, 7) is 0.717. The number of phenolic OH excluding ortho intramolecular Hbond substituents is 1. The SMILES string of the molecule is O=C(NN=Cc1ccccc1O)c1ccc(N2CCCC2=O)cc1. The van der Waals surface area contributed by atoms with E-state index in [0.717, 1.165) is 18.7 Å². The number of amides is 2. The van der Waals surface area contributed by atoms with E-state index in [9.17, 15) is 14.7 Å². The zero-order valence-electron chi connectivity index (χ0n) is 13.0. The number of hydrogen-bond donors (Lipinski definition) is 2. The highest BCUT2D eigenvalue weighted by molar-refractivity contribution is 5.98. The Bertz CT molecular complexity index is 784. The van der Waals surface area contributed by atoms with Crippen LogP contribution in [-0.4, -0.2) is 29.7 Å². The Balaban J connectivity index is 1.63. The Labute approximate surface area is 139 Å². The number of aromatic hydroxyl groups is 1. The van der Waals surface area contributed by atoms with E-state index in [4.69, 9.17) is 0 Å². The molecular weight excluding hydrogens is 306 g/mol. The van der Waals surface area contributed by atoms with Crippen LogP contribution in [0.2, 0.25) is 0 Å². The molecule has 2 N–H and O–H groups in total. The molecule has 2 aromatic rings. The summed E-state index contributed by atoms with van der Waals surface area (Å²) in [5, 5.41) is 13.5. The molecular formula is C18H17N3O3. The van der Waals surface area contributed by atoms with E-state index >= 15 is 0 Å². The predicted octanol–water partition coefficient (Wildman–Crippen LogP) is 2.28. The molecule has 1 saturated heterocycles. The predicted molar refractivity (Wildman–Crippen MR) is 91.2 cm³/mol. The molecule has 0 saturated carbocycles. The summed E-state index contributed by atoms with van der Waals surface area (Å²) >= 11 is 0. The van der Waals surface area contributed by atoms with Crippen LogP contribution in [0.15, 0.2) is 53.6 Å². The largest absolute Gasteiger partial charge is 0.507 e. The third-order valence-electron chi connectivity index (χ3n) is 3.82. The molecule has 122 valence electrons. The maximum atomic E-state index is 12.0. The van der Waals surface area contributed by atoms with Crippen LogP contribution in [0.4, 0.5) is 5.69 Å². The van der Waals surface area contributed by atoms with E-state index in [-0.39, 0.29) is 17.6 Å². The number of anilines is 1. The maximum absolute atomic E-state index is 12.0. The van der Waals surface area contributed by atoms with Gasteiger partial charge < -0.3 is 10.0 Å². The number of hydrogen-bond acceptors (Lipinski definition) is 4. The van der Waals surface area contributed by atoms with E-state index < -0.39 is 0 Å².